The third-order valence-electron chi connectivity index (χ3n) is 4.74. The first-order valence-corrected chi connectivity index (χ1v) is 8.42. The number of benzene rings is 1. The Morgan fingerprint density at radius 3 is 2.40 bits per heavy atom. The van der Waals surface area contributed by atoms with E-state index in [0.717, 1.165) is 12.1 Å². The largest absolute Gasteiger partial charge is 0.416 e. The average molecular weight is 355 g/mol. The Morgan fingerprint density at radius 1 is 1.28 bits per heavy atom. The summed E-state index contributed by atoms with van der Waals surface area (Å²) in [5.74, 6) is -0.497. The van der Waals surface area contributed by atoms with Crippen LogP contribution in [-0.4, -0.2) is 30.4 Å². The van der Waals surface area contributed by atoms with E-state index in [-0.39, 0.29) is 11.6 Å². The molecule has 0 saturated carbocycles. The monoisotopic (exact) mass is 355 g/mol. The van der Waals surface area contributed by atoms with Crippen LogP contribution in [0.25, 0.3) is 0 Å². The molecule has 0 aromatic heterocycles. The van der Waals surface area contributed by atoms with Gasteiger partial charge in [0.25, 0.3) is 5.91 Å². The minimum Gasteiger partial charge on any atom is -0.347 e. The van der Waals surface area contributed by atoms with Gasteiger partial charge in [-0.25, -0.2) is 0 Å². The summed E-state index contributed by atoms with van der Waals surface area (Å²) >= 11 is 0. The van der Waals surface area contributed by atoms with E-state index in [2.05, 4.69) is 10.3 Å². The van der Waals surface area contributed by atoms with Crippen molar-refractivity contribution in [1.82, 2.24) is 5.32 Å². The highest BCUT2D eigenvalue weighted by Crippen LogP contribution is 2.33. The predicted octanol–water partition coefficient (Wildman–Crippen LogP) is 4.25. The third-order valence-corrected chi connectivity index (χ3v) is 4.74. The van der Waals surface area contributed by atoms with Crippen molar-refractivity contribution in [2.75, 3.05) is 11.4 Å². The van der Waals surface area contributed by atoms with Gasteiger partial charge >= 0.3 is 6.18 Å². The molecule has 2 rings (SSSR count). The fourth-order valence-corrected chi connectivity index (χ4v) is 2.59. The molecule has 0 saturated heterocycles. The van der Waals surface area contributed by atoms with Crippen molar-refractivity contribution < 1.29 is 18.0 Å². The van der Waals surface area contributed by atoms with Crippen LogP contribution in [0.15, 0.2) is 23.2 Å². The number of nitrogens with zero attached hydrogens (tertiary/aromatic N) is 2. The van der Waals surface area contributed by atoms with Crippen LogP contribution in [0.4, 0.5) is 18.9 Å². The summed E-state index contributed by atoms with van der Waals surface area (Å²) in [5.41, 5.74) is -0.957. The Morgan fingerprint density at radius 2 is 1.92 bits per heavy atom. The van der Waals surface area contributed by atoms with E-state index < -0.39 is 23.2 Å². The van der Waals surface area contributed by atoms with Crippen molar-refractivity contribution >= 4 is 17.9 Å². The normalized spacial score (nSPS) is 17.9. The maximum Gasteiger partial charge on any atom is 0.416 e. The van der Waals surface area contributed by atoms with Gasteiger partial charge in [-0.1, -0.05) is 13.8 Å². The van der Waals surface area contributed by atoms with Gasteiger partial charge < -0.3 is 10.2 Å². The molecule has 1 amide bonds. The minimum absolute atomic E-state index is 0.00547. The Labute approximate surface area is 146 Å². The number of amides is 1. The van der Waals surface area contributed by atoms with Crippen molar-refractivity contribution in [2.24, 2.45) is 4.99 Å². The molecule has 1 aromatic carbocycles. The lowest BCUT2D eigenvalue weighted by Gasteiger charge is -2.28. The number of anilines is 1. The van der Waals surface area contributed by atoms with Gasteiger partial charge in [0.15, 0.2) is 0 Å². The summed E-state index contributed by atoms with van der Waals surface area (Å²) in [7, 11) is 0. The summed E-state index contributed by atoms with van der Waals surface area (Å²) in [6.45, 7) is 8.12. The molecule has 1 atom stereocenters. The van der Waals surface area contributed by atoms with E-state index in [0.29, 0.717) is 25.1 Å². The van der Waals surface area contributed by atoms with Gasteiger partial charge in [0, 0.05) is 23.3 Å². The number of carbonyl (C=O) groups is 1. The molecule has 1 heterocycles. The molecule has 0 aliphatic carbocycles. The van der Waals surface area contributed by atoms with E-state index in [1.807, 2.05) is 27.7 Å². The molecule has 1 N–H and O–H groups in total. The van der Waals surface area contributed by atoms with E-state index >= 15 is 0 Å². The third kappa shape index (κ3) is 4.52. The van der Waals surface area contributed by atoms with Crippen molar-refractivity contribution in [3.63, 3.8) is 0 Å². The molecule has 1 aliphatic rings. The molecule has 4 nitrogen and oxygen atoms in total. The first kappa shape index (κ1) is 19.3. The van der Waals surface area contributed by atoms with Crippen LogP contribution in [0.3, 0.4) is 0 Å². The summed E-state index contributed by atoms with van der Waals surface area (Å²) in [4.78, 5) is 18.4. The van der Waals surface area contributed by atoms with E-state index in [4.69, 9.17) is 0 Å². The topological polar surface area (TPSA) is 44.7 Å². The quantitative estimate of drug-likeness (QED) is 0.858. The summed E-state index contributed by atoms with van der Waals surface area (Å²) in [6, 6.07) is 3.46. The Balaban J connectivity index is 2.40. The van der Waals surface area contributed by atoms with Crippen molar-refractivity contribution in [1.29, 1.82) is 0 Å². The second kappa shape index (κ2) is 7.06. The number of hydrogen-bond donors (Lipinski definition) is 1. The zero-order valence-electron chi connectivity index (χ0n) is 14.9. The molecule has 1 unspecified atom stereocenters. The molecule has 7 heteroatoms. The molecule has 0 bridgehead atoms. The zero-order valence-corrected chi connectivity index (χ0v) is 14.9. The van der Waals surface area contributed by atoms with E-state index in [1.54, 1.807) is 4.90 Å². The maximum absolute atomic E-state index is 13.3. The van der Waals surface area contributed by atoms with Crippen LogP contribution in [0, 0.1) is 0 Å². The average Bonchev–Trinajstić information content (AvgIpc) is 3.00. The number of carbonyl (C=O) groups excluding carboxylic acids is 1. The summed E-state index contributed by atoms with van der Waals surface area (Å²) in [5, 5.41) is 2.86. The molecule has 25 heavy (non-hydrogen) atoms. The Kier molecular flexibility index (Phi) is 5.44. The van der Waals surface area contributed by atoms with Gasteiger partial charge in [-0.3, -0.25) is 9.79 Å². The van der Waals surface area contributed by atoms with E-state index in [9.17, 15) is 18.0 Å². The number of alkyl halides is 3. The maximum atomic E-state index is 13.3. The van der Waals surface area contributed by atoms with Gasteiger partial charge in [0.05, 0.1) is 17.9 Å². The molecule has 1 aliphatic heterocycles. The lowest BCUT2D eigenvalue weighted by atomic mass is 9.95. The van der Waals surface area contributed by atoms with Gasteiger partial charge in [-0.2, -0.15) is 13.2 Å². The predicted molar refractivity (Wildman–Crippen MR) is 93.2 cm³/mol. The zero-order chi connectivity index (χ0) is 18.8. The van der Waals surface area contributed by atoms with Crippen LogP contribution >= 0.6 is 0 Å². The number of hydrogen-bond acceptors (Lipinski definition) is 3. The highest BCUT2D eigenvalue weighted by molar-refractivity contribution is 5.97. The van der Waals surface area contributed by atoms with Gasteiger partial charge in [0.2, 0.25) is 0 Å². The Bertz CT molecular complexity index is 666. The van der Waals surface area contributed by atoms with Crippen molar-refractivity contribution in [2.45, 2.75) is 58.3 Å². The first-order chi connectivity index (χ1) is 11.6. The van der Waals surface area contributed by atoms with Crippen LogP contribution in [0.1, 0.15) is 56.5 Å². The molecule has 0 fully saturated rings. The second-order valence-corrected chi connectivity index (χ2v) is 6.75. The number of aliphatic imine (C=N–C) groups is 1. The lowest BCUT2D eigenvalue weighted by Crippen LogP contribution is -2.45. The molecular weight excluding hydrogens is 331 g/mol. The molecular formula is C18H24F3N3O. The van der Waals surface area contributed by atoms with E-state index in [1.165, 1.54) is 12.4 Å². The van der Waals surface area contributed by atoms with Crippen LogP contribution in [0.2, 0.25) is 0 Å². The standard InChI is InChI=1S/C18H24F3N3O/c1-5-17(4,6-2)23-16(25)13-7-14(18(19,20)21)9-15(8-13)24-10-12(3)22-11-24/h7-9,11-12H,5-6,10H2,1-4H3,(H,23,25). The summed E-state index contributed by atoms with van der Waals surface area (Å²) in [6.07, 6.45) is -1.62. The summed E-state index contributed by atoms with van der Waals surface area (Å²) < 4.78 is 39.8. The van der Waals surface area contributed by atoms with Gasteiger partial charge in [-0.15, -0.1) is 0 Å². The lowest BCUT2D eigenvalue weighted by molar-refractivity contribution is -0.137. The molecule has 0 radical (unpaired) electrons. The minimum atomic E-state index is -4.52. The van der Waals surface area contributed by atoms with Crippen LogP contribution in [0.5, 0.6) is 0 Å². The van der Waals surface area contributed by atoms with Crippen LogP contribution < -0.4 is 10.2 Å². The number of halogens is 3. The number of nitrogens with one attached hydrogen (secondary N) is 1. The smallest absolute Gasteiger partial charge is 0.347 e. The highest BCUT2D eigenvalue weighted by Gasteiger charge is 2.33. The highest BCUT2D eigenvalue weighted by atomic mass is 19.4. The molecule has 0 spiro atoms. The van der Waals surface area contributed by atoms with Crippen molar-refractivity contribution in [3.05, 3.63) is 29.3 Å². The fraction of sp³-hybridized carbons (Fsp3) is 0.556. The van der Waals surface area contributed by atoms with Crippen molar-refractivity contribution in [3.8, 4) is 0 Å². The van der Waals surface area contributed by atoms with Gasteiger partial charge in [0.1, 0.15) is 0 Å². The Hall–Kier alpha value is -2.05. The fourth-order valence-electron chi connectivity index (χ4n) is 2.59. The molecule has 1 aromatic rings. The molecule has 138 valence electrons. The SMILES string of the molecule is CCC(C)(CC)NC(=O)c1cc(N2C=NC(C)C2)cc(C(F)(F)F)c1. The van der Waals surface area contributed by atoms with Crippen LogP contribution in [-0.2, 0) is 6.18 Å². The van der Waals surface area contributed by atoms with Gasteiger partial charge in [-0.05, 0) is 44.9 Å². The second-order valence-electron chi connectivity index (χ2n) is 6.75. The number of rotatable bonds is 5. The first-order valence-electron chi connectivity index (χ1n) is 8.42.